The molecule has 0 spiro atoms. The van der Waals surface area contributed by atoms with Crippen LogP contribution in [0.3, 0.4) is 0 Å². The van der Waals surface area contributed by atoms with Crippen LogP contribution < -0.4 is 4.90 Å². The fraction of sp³-hybridized carbons (Fsp3) is 0.538. The Labute approximate surface area is 98.3 Å². The second-order valence-electron chi connectivity index (χ2n) is 4.49. The van der Waals surface area contributed by atoms with Crippen molar-refractivity contribution in [2.75, 3.05) is 39.1 Å². The summed E-state index contributed by atoms with van der Waals surface area (Å²) in [5.74, 6) is 0. The summed E-state index contributed by atoms with van der Waals surface area (Å²) in [4.78, 5) is 4.38. The van der Waals surface area contributed by atoms with Crippen molar-refractivity contribution < 1.29 is 5.11 Å². The third kappa shape index (κ3) is 3.83. The van der Waals surface area contributed by atoms with Crippen LogP contribution in [0.2, 0.25) is 0 Å². The maximum atomic E-state index is 9.41. The molecule has 0 heterocycles. The average molecular weight is 222 g/mol. The van der Waals surface area contributed by atoms with Crippen LogP contribution in [0.1, 0.15) is 18.6 Å². The Balaban J connectivity index is 2.59. The predicted molar refractivity (Wildman–Crippen MR) is 68.9 cm³/mol. The van der Waals surface area contributed by atoms with E-state index >= 15 is 0 Å². The predicted octanol–water partition coefficient (Wildman–Crippen LogP) is 1.74. The first kappa shape index (κ1) is 13.0. The van der Waals surface area contributed by atoms with Crippen molar-refractivity contribution in [3.05, 3.63) is 29.8 Å². The normalized spacial score (nSPS) is 12.9. The molecule has 0 aromatic heterocycles. The number of benzene rings is 1. The molecular formula is C13H22N2O. The Bertz CT molecular complexity index is 306. The van der Waals surface area contributed by atoms with E-state index in [-0.39, 0.29) is 6.10 Å². The second-order valence-corrected chi connectivity index (χ2v) is 4.49. The largest absolute Gasteiger partial charge is 0.389 e. The van der Waals surface area contributed by atoms with Gasteiger partial charge in [-0.15, -0.1) is 0 Å². The Morgan fingerprint density at radius 1 is 1.06 bits per heavy atom. The number of aliphatic hydroxyl groups is 1. The molecule has 1 atom stereocenters. The van der Waals surface area contributed by atoms with E-state index in [2.05, 4.69) is 43.1 Å². The van der Waals surface area contributed by atoms with Gasteiger partial charge in [-0.05, 0) is 38.7 Å². The number of hydrogen-bond donors (Lipinski definition) is 1. The fourth-order valence-corrected chi connectivity index (χ4v) is 1.49. The minimum atomic E-state index is -0.388. The topological polar surface area (TPSA) is 26.7 Å². The molecule has 1 N–H and O–H groups in total. The highest BCUT2D eigenvalue weighted by Gasteiger charge is 2.03. The van der Waals surface area contributed by atoms with Gasteiger partial charge in [-0.25, -0.2) is 0 Å². The molecule has 0 bridgehead atoms. The lowest BCUT2D eigenvalue weighted by Gasteiger charge is -2.22. The molecule has 0 saturated carbocycles. The Kier molecular flexibility index (Phi) is 4.77. The van der Waals surface area contributed by atoms with Crippen molar-refractivity contribution in [3.8, 4) is 0 Å². The summed E-state index contributed by atoms with van der Waals surface area (Å²) in [7, 11) is 6.23. The number of likely N-dealkylation sites (N-methyl/N-ethyl adjacent to an activating group) is 2. The highest BCUT2D eigenvalue weighted by atomic mass is 16.3. The molecule has 0 unspecified atom stereocenters. The van der Waals surface area contributed by atoms with Crippen LogP contribution in [0.4, 0.5) is 5.69 Å². The fourth-order valence-electron chi connectivity index (χ4n) is 1.49. The molecule has 3 heteroatoms. The van der Waals surface area contributed by atoms with Crippen molar-refractivity contribution in [1.82, 2.24) is 4.90 Å². The van der Waals surface area contributed by atoms with Gasteiger partial charge in [0.2, 0.25) is 0 Å². The van der Waals surface area contributed by atoms with Crippen LogP contribution >= 0.6 is 0 Å². The minimum Gasteiger partial charge on any atom is -0.389 e. The first-order chi connectivity index (χ1) is 7.50. The second kappa shape index (κ2) is 5.87. The first-order valence-corrected chi connectivity index (χ1v) is 5.64. The molecule has 0 radical (unpaired) electrons. The molecule has 3 nitrogen and oxygen atoms in total. The zero-order valence-electron chi connectivity index (χ0n) is 10.6. The molecule has 0 aliphatic rings. The van der Waals surface area contributed by atoms with E-state index in [1.807, 2.05) is 12.1 Å². The number of rotatable bonds is 5. The Morgan fingerprint density at radius 2 is 1.62 bits per heavy atom. The molecular weight excluding hydrogens is 200 g/mol. The van der Waals surface area contributed by atoms with Gasteiger partial charge >= 0.3 is 0 Å². The van der Waals surface area contributed by atoms with Gasteiger partial charge in [0.25, 0.3) is 0 Å². The van der Waals surface area contributed by atoms with E-state index in [0.717, 1.165) is 18.7 Å². The average Bonchev–Trinajstić information content (AvgIpc) is 2.26. The third-order valence-electron chi connectivity index (χ3n) is 2.70. The van der Waals surface area contributed by atoms with Crippen LogP contribution in [0.15, 0.2) is 24.3 Å². The zero-order valence-corrected chi connectivity index (χ0v) is 10.6. The van der Waals surface area contributed by atoms with E-state index in [4.69, 9.17) is 0 Å². The van der Waals surface area contributed by atoms with Crippen LogP contribution in [-0.4, -0.2) is 44.2 Å². The first-order valence-electron chi connectivity index (χ1n) is 5.64. The van der Waals surface area contributed by atoms with Gasteiger partial charge < -0.3 is 14.9 Å². The summed E-state index contributed by atoms with van der Waals surface area (Å²) in [6.07, 6.45) is -0.388. The van der Waals surface area contributed by atoms with E-state index in [1.165, 1.54) is 5.69 Å². The van der Waals surface area contributed by atoms with Gasteiger partial charge in [-0.2, -0.15) is 0 Å². The van der Waals surface area contributed by atoms with Gasteiger partial charge in [0, 0.05) is 25.8 Å². The van der Waals surface area contributed by atoms with Crippen molar-refractivity contribution in [3.63, 3.8) is 0 Å². The standard InChI is InChI=1S/C13H22N2O/c1-11(16)12-5-7-13(8-6-12)15(4)10-9-14(2)3/h5-8,11,16H,9-10H2,1-4H3/t11-/m1/s1. The molecule has 0 saturated heterocycles. The van der Waals surface area contributed by atoms with E-state index < -0.39 is 0 Å². The SMILES string of the molecule is C[C@@H](O)c1ccc(N(C)CCN(C)C)cc1. The summed E-state index contributed by atoms with van der Waals surface area (Å²) in [6.45, 7) is 3.82. The molecule has 0 aliphatic carbocycles. The smallest absolute Gasteiger partial charge is 0.0761 e. The summed E-state index contributed by atoms with van der Waals surface area (Å²) in [5.41, 5.74) is 2.15. The number of aliphatic hydroxyl groups excluding tert-OH is 1. The van der Waals surface area contributed by atoms with Crippen LogP contribution in [0.25, 0.3) is 0 Å². The zero-order chi connectivity index (χ0) is 12.1. The molecule has 1 rings (SSSR count). The van der Waals surface area contributed by atoms with Gasteiger partial charge in [-0.1, -0.05) is 12.1 Å². The van der Waals surface area contributed by atoms with E-state index in [1.54, 1.807) is 6.92 Å². The van der Waals surface area contributed by atoms with Gasteiger partial charge in [-0.3, -0.25) is 0 Å². The van der Waals surface area contributed by atoms with Gasteiger partial charge in [0.1, 0.15) is 0 Å². The Morgan fingerprint density at radius 3 is 2.06 bits per heavy atom. The maximum absolute atomic E-state index is 9.41. The quantitative estimate of drug-likeness (QED) is 0.822. The highest BCUT2D eigenvalue weighted by molar-refractivity contribution is 5.47. The maximum Gasteiger partial charge on any atom is 0.0761 e. The molecule has 0 fully saturated rings. The lowest BCUT2D eigenvalue weighted by molar-refractivity contribution is 0.199. The summed E-state index contributed by atoms with van der Waals surface area (Å²) < 4.78 is 0. The van der Waals surface area contributed by atoms with Crippen LogP contribution in [-0.2, 0) is 0 Å². The number of hydrogen-bond acceptors (Lipinski definition) is 3. The van der Waals surface area contributed by atoms with Crippen LogP contribution in [0, 0.1) is 0 Å². The minimum absolute atomic E-state index is 0.388. The van der Waals surface area contributed by atoms with Crippen molar-refractivity contribution in [2.45, 2.75) is 13.0 Å². The van der Waals surface area contributed by atoms with Crippen LogP contribution in [0.5, 0.6) is 0 Å². The summed E-state index contributed by atoms with van der Waals surface area (Å²) in [6, 6.07) is 8.06. The van der Waals surface area contributed by atoms with Crippen molar-refractivity contribution in [1.29, 1.82) is 0 Å². The summed E-state index contributed by atoms with van der Waals surface area (Å²) in [5, 5.41) is 9.41. The van der Waals surface area contributed by atoms with E-state index in [9.17, 15) is 5.11 Å². The Hall–Kier alpha value is -1.06. The number of nitrogens with zero attached hydrogens (tertiary/aromatic N) is 2. The lowest BCUT2D eigenvalue weighted by atomic mass is 10.1. The molecule has 90 valence electrons. The number of anilines is 1. The highest BCUT2D eigenvalue weighted by Crippen LogP contribution is 2.17. The molecule has 0 amide bonds. The van der Waals surface area contributed by atoms with Crippen molar-refractivity contribution in [2.24, 2.45) is 0 Å². The molecule has 1 aromatic carbocycles. The van der Waals surface area contributed by atoms with E-state index in [0.29, 0.717) is 0 Å². The molecule has 16 heavy (non-hydrogen) atoms. The van der Waals surface area contributed by atoms with Gasteiger partial charge in [0.15, 0.2) is 0 Å². The monoisotopic (exact) mass is 222 g/mol. The molecule has 0 aliphatic heterocycles. The third-order valence-corrected chi connectivity index (χ3v) is 2.70. The summed E-state index contributed by atoms with van der Waals surface area (Å²) >= 11 is 0. The van der Waals surface area contributed by atoms with Crippen molar-refractivity contribution >= 4 is 5.69 Å². The molecule has 1 aromatic rings. The lowest BCUT2D eigenvalue weighted by Crippen LogP contribution is -2.28. The van der Waals surface area contributed by atoms with Gasteiger partial charge in [0.05, 0.1) is 6.10 Å².